The molecule has 0 bridgehead atoms. The number of anilines is 1. The molecule has 4 nitrogen and oxygen atoms in total. The fourth-order valence-electron chi connectivity index (χ4n) is 1.52. The second kappa shape index (κ2) is 3.88. The van der Waals surface area contributed by atoms with Gasteiger partial charge in [-0.1, -0.05) is 13.8 Å². The van der Waals surface area contributed by atoms with Crippen LogP contribution in [0.15, 0.2) is 12.3 Å². The number of aromatic nitrogens is 3. The van der Waals surface area contributed by atoms with Crippen LogP contribution in [0.25, 0.3) is 11.0 Å². The molecule has 80 valence electrons. The normalized spacial score (nSPS) is 11.2. The van der Waals surface area contributed by atoms with Crippen molar-refractivity contribution in [3.63, 3.8) is 0 Å². The van der Waals surface area contributed by atoms with Crippen LogP contribution in [0, 0.1) is 0 Å². The molecule has 2 aromatic rings. The molecular formula is C11H16N4. The Morgan fingerprint density at radius 2 is 2.20 bits per heavy atom. The maximum absolute atomic E-state index is 4.52. The van der Waals surface area contributed by atoms with E-state index in [2.05, 4.69) is 41.0 Å². The lowest BCUT2D eigenvalue weighted by Crippen LogP contribution is -2.05. The summed E-state index contributed by atoms with van der Waals surface area (Å²) in [6, 6.07) is 2.00. The average Bonchev–Trinajstić information content (AvgIpc) is 2.65. The van der Waals surface area contributed by atoms with Crippen LogP contribution in [0.4, 0.5) is 5.82 Å². The van der Waals surface area contributed by atoms with Crippen molar-refractivity contribution in [1.29, 1.82) is 0 Å². The summed E-state index contributed by atoms with van der Waals surface area (Å²) in [4.78, 5) is 12.1. The summed E-state index contributed by atoms with van der Waals surface area (Å²) in [5, 5.41) is 4.32. The third-order valence-electron chi connectivity index (χ3n) is 2.29. The van der Waals surface area contributed by atoms with Crippen LogP contribution in [-0.2, 0) is 0 Å². The summed E-state index contributed by atoms with van der Waals surface area (Å²) in [7, 11) is 0. The van der Waals surface area contributed by atoms with Gasteiger partial charge in [0.1, 0.15) is 17.3 Å². The quantitative estimate of drug-likeness (QED) is 0.807. The van der Waals surface area contributed by atoms with Gasteiger partial charge >= 0.3 is 0 Å². The van der Waals surface area contributed by atoms with Gasteiger partial charge in [-0.3, -0.25) is 0 Å². The standard InChI is InChI=1S/C11H16N4/c1-4-12-10-8-5-6-13-11(8)15-9(14-10)7(2)3/h5-7H,4H2,1-3H3,(H2,12,13,14,15). The van der Waals surface area contributed by atoms with Crippen molar-refractivity contribution >= 4 is 16.9 Å². The molecule has 0 saturated heterocycles. The summed E-state index contributed by atoms with van der Waals surface area (Å²) < 4.78 is 0. The predicted molar refractivity (Wildman–Crippen MR) is 62.1 cm³/mol. The summed E-state index contributed by atoms with van der Waals surface area (Å²) >= 11 is 0. The van der Waals surface area contributed by atoms with E-state index in [0.717, 1.165) is 29.2 Å². The SMILES string of the molecule is CCNc1nc(C(C)C)nc2[nH]ccc12. The molecule has 0 aromatic carbocycles. The van der Waals surface area contributed by atoms with Crippen molar-refractivity contribution in [2.45, 2.75) is 26.7 Å². The molecule has 0 aliphatic heterocycles. The number of hydrogen-bond donors (Lipinski definition) is 2. The Kier molecular flexibility index (Phi) is 2.58. The Hall–Kier alpha value is -1.58. The van der Waals surface area contributed by atoms with E-state index in [-0.39, 0.29) is 0 Å². The smallest absolute Gasteiger partial charge is 0.143 e. The lowest BCUT2D eigenvalue weighted by molar-refractivity contribution is 0.782. The van der Waals surface area contributed by atoms with E-state index in [4.69, 9.17) is 0 Å². The van der Waals surface area contributed by atoms with E-state index in [9.17, 15) is 0 Å². The molecule has 15 heavy (non-hydrogen) atoms. The van der Waals surface area contributed by atoms with Gasteiger partial charge in [0.05, 0.1) is 5.39 Å². The van der Waals surface area contributed by atoms with Crippen molar-refractivity contribution in [3.05, 3.63) is 18.1 Å². The highest BCUT2D eigenvalue weighted by Gasteiger charge is 2.09. The van der Waals surface area contributed by atoms with Gasteiger partial charge in [0, 0.05) is 18.7 Å². The van der Waals surface area contributed by atoms with E-state index in [1.165, 1.54) is 0 Å². The summed E-state index contributed by atoms with van der Waals surface area (Å²) in [5.41, 5.74) is 0.907. The summed E-state index contributed by atoms with van der Waals surface area (Å²) in [6.07, 6.45) is 1.89. The molecule has 0 spiro atoms. The first kappa shape index (κ1) is 9.96. The van der Waals surface area contributed by atoms with Crippen molar-refractivity contribution in [2.24, 2.45) is 0 Å². The van der Waals surface area contributed by atoms with Crippen molar-refractivity contribution in [1.82, 2.24) is 15.0 Å². The van der Waals surface area contributed by atoms with Gasteiger partial charge in [-0.2, -0.15) is 0 Å². The van der Waals surface area contributed by atoms with E-state index < -0.39 is 0 Å². The third-order valence-corrected chi connectivity index (χ3v) is 2.29. The Bertz CT molecular complexity index is 459. The fraction of sp³-hybridized carbons (Fsp3) is 0.455. The Morgan fingerprint density at radius 3 is 2.87 bits per heavy atom. The van der Waals surface area contributed by atoms with Crippen LogP contribution in [0.3, 0.4) is 0 Å². The van der Waals surface area contributed by atoms with Gasteiger partial charge in [-0.15, -0.1) is 0 Å². The molecule has 0 amide bonds. The maximum Gasteiger partial charge on any atom is 0.143 e. The number of nitrogens with one attached hydrogen (secondary N) is 2. The fourth-order valence-corrected chi connectivity index (χ4v) is 1.52. The number of rotatable bonds is 3. The topological polar surface area (TPSA) is 53.6 Å². The van der Waals surface area contributed by atoms with Gasteiger partial charge in [-0.25, -0.2) is 9.97 Å². The molecule has 2 rings (SSSR count). The molecule has 2 heterocycles. The first-order valence-electron chi connectivity index (χ1n) is 5.31. The maximum atomic E-state index is 4.52. The number of aromatic amines is 1. The van der Waals surface area contributed by atoms with Crippen molar-refractivity contribution in [3.8, 4) is 0 Å². The van der Waals surface area contributed by atoms with Crippen LogP contribution in [0.1, 0.15) is 32.5 Å². The Balaban J connectivity index is 2.58. The van der Waals surface area contributed by atoms with Gasteiger partial charge in [0.25, 0.3) is 0 Å². The highest BCUT2D eigenvalue weighted by molar-refractivity contribution is 5.86. The Labute approximate surface area is 89.1 Å². The molecule has 0 aliphatic carbocycles. The summed E-state index contributed by atoms with van der Waals surface area (Å²) in [6.45, 7) is 7.13. The molecular weight excluding hydrogens is 188 g/mol. The lowest BCUT2D eigenvalue weighted by atomic mass is 10.2. The largest absolute Gasteiger partial charge is 0.370 e. The minimum atomic E-state index is 0.343. The molecule has 2 N–H and O–H groups in total. The van der Waals surface area contributed by atoms with Gasteiger partial charge in [0.15, 0.2) is 0 Å². The van der Waals surface area contributed by atoms with E-state index in [1.54, 1.807) is 0 Å². The van der Waals surface area contributed by atoms with E-state index >= 15 is 0 Å². The van der Waals surface area contributed by atoms with Crippen LogP contribution < -0.4 is 5.32 Å². The van der Waals surface area contributed by atoms with Gasteiger partial charge in [-0.05, 0) is 13.0 Å². The molecule has 0 radical (unpaired) electrons. The molecule has 0 unspecified atom stereocenters. The second-order valence-electron chi connectivity index (χ2n) is 3.86. The number of hydrogen-bond acceptors (Lipinski definition) is 3. The zero-order chi connectivity index (χ0) is 10.8. The number of fused-ring (bicyclic) bond motifs is 1. The molecule has 0 atom stereocenters. The van der Waals surface area contributed by atoms with Crippen LogP contribution in [0.2, 0.25) is 0 Å². The average molecular weight is 204 g/mol. The van der Waals surface area contributed by atoms with Crippen LogP contribution in [-0.4, -0.2) is 21.5 Å². The van der Waals surface area contributed by atoms with Crippen LogP contribution in [0.5, 0.6) is 0 Å². The number of nitrogens with zero attached hydrogens (tertiary/aromatic N) is 2. The molecule has 4 heteroatoms. The third kappa shape index (κ3) is 1.79. The lowest BCUT2D eigenvalue weighted by Gasteiger charge is -2.08. The first-order chi connectivity index (χ1) is 7.22. The van der Waals surface area contributed by atoms with Crippen molar-refractivity contribution in [2.75, 3.05) is 11.9 Å². The zero-order valence-electron chi connectivity index (χ0n) is 9.33. The second-order valence-corrected chi connectivity index (χ2v) is 3.86. The number of H-pyrrole nitrogens is 1. The Morgan fingerprint density at radius 1 is 1.40 bits per heavy atom. The molecule has 0 saturated carbocycles. The van der Waals surface area contributed by atoms with Gasteiger partial charge < -0.3 is 10.3 Å². The highest BCUT2D eigenvalue weighted by atomic mass is 15.1. The minimum absolute atomic E-state index is 0.343. The monoisotopic (exact) mass is 204 g/mol. The predicted octanol–water partition coefficient (Wildman–Crippen LogP) is 2.51. The minimum Gasteiger partial charge on any atom is -0.370 e. The van der Waals surface area contributed by atoms with Crippen LogP contribution >= 0.6 is 0 Å². The van der Waals surface area contributed by atoms with E-state index in [1.807, 2.05) is 12.3 Å². The van der Waals surface area contributed by atoms with E-state index in [0.29, 0.717) is 5.92 Å². The molecule has 0 aliphatic rings. The van der Waals surface area contributed by atoms with Gasteiger partial charge in [0.2, 0.25) is 0 Å². The highest BCUT2D eigenvalue weighted by Crippen LogP contribution is 2.21. The molecule has 2 aromatic heterocycles. The molecule has 0 fully saturated rings. The zero-order valence-corrected chi connectivity index (χ0v) is 9.33. The first-order valence-corrected chi connectivity index (χ1v) is 5.31. The summed E-state index contributed by atoms with van der Waals surface area (Å²) in [5.74, 6) is 2.14. The van der Waals surface area contributed by atoms with Crippen molar-refractivity contribution < 1.29 is 0 Å².